The third-order valence-electron chi connectivity index (χ3n) is 5.94. The number of aromatic nitrogens is 2. The normalized spacial score (nSPS) is 17.2. The van der Waals surface area contributed by atoms with E-state index in [-0.39, 0.29) is 17.5 Å². The quantitative estimate of drug-likeness (QED) is 0.591. The van der Waals surface area contributed by atoms with Crippen molar-refractivity contribution in [3.05, 3.63) is 63.7 Å². The van der Waals surface area contributed by atoms with E-state index in [0.29, 0.717) is 28.2 Å². The number of rotatable bonds is 5. The third kappa shape index (κ3) is 4.80. The number of fused-ring (bicyclic) bond motifs is 1. The smallest absolute Gasteiger partial charge is 0.324 e. The Morgan fingerprint density at radius 3 is 2.73 bits per heavy atom. The summed E-state index contributed by atoms with van der Waals surface area (Å²) in [7, 11) is -3.67. The number of carbonyl (C=O) groups excluding carboxylic acids is 1. The molecular formula is C23H25ClN4O4S. The van der Waals surface area contributed by atoms with Crippen LogP contribution in [-0.4, -0.2) is 40.8 Å². The summed E-state index contributed by atoms with van der Waals surface area (Å²) in [6.07, 6.45) is 4.01. The van der Waals surface area contributed by atoms with E-state index in [1.165, 1.54) is 27.2 Å². The van der Waals surface area contributed by atoms with E-state index in [2.05, 4.69) is 10.3 Å². The van der Waals surface area contributed by atoms with Gasteiger partial charge in [-0.1, -0.05) is 24.1 Å². The Kier molecular flexibility index (Phi) is 6.56. The molecule has 1 N–H and O–H groups in total. The summed E-state index contributed by atoms with van der Waals surface area (Å²) in [6, 6.07) is 9.62. The van der Waals surface area contributed by atoms with E-state index < -0.39 is 21.6 Å². The fourth-order valence-corrected chi connectivity index (χ4v) is 5.99. The second-order valence-electron chi connectivity index (χ2n) is 8.32. The molecule has 33 heavy (non-hydrogen) atoms. The van der Waals surface area contributed by atoms with E-state index >= 15 is 0 Å². The number of halogens is 1. The summed E-state index contributed by atoms with van der Waals surface area (Å²) < 4.78 is 29.1. The van der Waals surface area contributed by atoms with Crippen LogP contribution in [0.3, 0.4) is 0 Å². The van der Waals surface area contributed by atoms with Gasteiger partial charge >= 0.3 is 5.69 Å². The minimum atomic E-state index is -3.67. The number of anilines is 1. The molecule has 1 saturated heterocycles. The molecule has 1 aliphatic heterocycles. The number of sulfonamides is 1. The molecule has 3 aromatic rings. The molecule has 2 aromatic carbocycles. The maximum absolute atomic E-state index is 13.2. The lowest BCUT2D eigenvalue weighted by molar-refractivity contribution is -0.116. The van der Waals surface area contributed by atoms with Gasteiger partial charge in [0.1, 0.15) is 6.54 Å². The number of aryl methyl sites for hydroxylation is 1. The fourth-order valence-electron chi connectivity index (χ4n) is 4.07. The van der Waals surface area contributed by atoms with E-state index in [4.69, 9.17) is 11.6 Å². The Balaban J connectivity index is 1.63. The lowest BCUT2D eigenvalue weighted by Gasteiger charge is -2.32. The van der Waals surface area contributed by atoms with Crippen molar-refractivity contribution in [3.63, 3.8) is 0 Å². The minimum absolute atomic E-state index is 0.0644. The molecule has 4 rings (SSSR count). The van der Waals surface area contributed by atoms with Crippen LogP contribution in [0.1, 0.15) is 31.7 Å². The first-order chi connectivity index (χ1) is 15.7. The molecule has 0 aliphatic carbocycles. The lowest BCUT2D eigenvalue weighted by Crippen LogP contribution is -2.41. The predicted molar refractivity (Wildman–Crippen MR) is 128 cm³/mol. The Hall–Kier alpha value is -2.75. The summed E-state index contributed by atoms with van der Waals surface area (Å²) in [4.78, 5) is 29.0. The highest BCUT2D eigenvalue weighted by atomic mass is 35.5. The first-order valence-electron chi connectivity index (χ1n) is 10.7. The summed E-state index contributed by atoms with van der Waals surface area (Å²) in [5, 5.41) is 3.71. The molecule has 174 valence electrons. The van der Waals surface area contributed by atoms with Gasteiger partial charge in [0.2, 0.25) is 15.9 Å². The van der Waals surface area contributed by atoms with Gasteiger partial charge in [-0.05, 0) is 62.6 Å². The van der Waals surface area contributed by atoms with E-state index in [0.717, 1.165) is 24.8 Å². The van der Waals surface area contributed by atoms with Crippen LogP contribution >= 0.6 is 11.6 Å². The van der Waals surface area contributed by atoms with Gasteiger partial charge in [0, 0.05) is 34.9 Å². The highest BCUT2D eigenvalue weighted by Crippen LogP contribution is 2.27. The molecule has 0 radical (unpaired) electrons. The summed E-state index contributed by atoms with van der Waals surface area (Å²) in [5.74, 6) is -0.426. The number of carbonyl (C=O) groups is 1. The molecule has 1 amide bonds. The molecule has 0 unspecified atom stereocenters. The summed E-state index contributed by atoms with van der Waals surface area (Å²) in [5.41, 5.74) is 1.23. The van der Waals surface area contributed by atoms with Gasteiger partial charge in [0.15, 0.2) is 0 Å². The number of nitrogens with one attached hydrogen (secondary N) is 1. The van der Waals surface area contributed by atoms with E-state index in [1.807, 2.05) is 13.8 Å². The molecule has 1 aliphatic rings. The molecular weight excluding hydrogens is 464 g/mol. The van der Waals surface area contributed by atoms with Crippen LogP contribution in [0.2, 0.25) is 5.02 Å². The second-order valence-corrected chi connectivity index (χ2v) is 10.6. The first-order valence-corrected chi connectivity index (χ1v) is 12.6. The lowest BCUT2D eigenvalue weighted by atomic mass is 10.1. The minimum Gasteiger partial charge on any atom is -0.324 e. The Bertz CT molecular complexity index is 1390. The monoisotopic (exact) mass is 488 g/mol. The van der Waals surface area contributed by atoms with Crippen molar-refractivity contribution >= 4 is 44.1 Å². The maximum Gasteiger partial charge on any atom is 0.348 e. The van der Waals surface area contributed by atoms with Crippen LogP contribution in [0.5, 0.6) is 0 Å². The number of piperidine rings is 1. The Morgan fingerprint density at radius 1 is 1.21 bits per heavy atom. The zero-order valence-corrected chi connectivity index (χ0v) is 20.0. The van der Waals surface area contributed by atoms with Crippen LogP contribution in [0.15, 0.2) is 52.3 Å². The van der Waals surface area contributed by atoms with Crippen LogP contribution < -0.4 is 11.0 Å². The highest BCUT2D eigenvalue weighted by Gasteiger charge is 2.31. The van der Waals surface area contributed by atoms with Gasteiger partial charge < -0.3 is 5.32 Å². The van der Waals surface area contributed by atoms with E-state index in [1.54, 1.807) is 24.3 Å². The summed E-state index contributed by atoms with van der Waals surface area (Å²) in [6.45, 7) is 3.99. The van der Waals surface area contributed by atoms with Crippen molar-refractivity contribution in [1.29, 1.82) is 0 Å². The topological polar surface area (TPSA) is 101 Å². The molecule has 1 fully saturated rings. The number of nitrogens with zero attached hydrogens (tertiary/aromatic N) is 3. The van der Waals surface area contributed by atoms with Crippen LogP contribution in [0.25, 0.3) is 10.9 Å². The third-order valence-corrected chi connectivity index (χ3v) is 8.36. The Morgan fingerprint density at radius 2 is 2.00 bits per heavy atom. The predicted octanol–water partition coefficient (Wildman–Crippen LogP) is 3.56. The standard InChI is InChI=1S/C23H25ClN4O4S/c1-15-6-7-18(12-20(15)24)26-22(29)14-27-21-9-8-19(11-17(21)13-25-23(27)30)33(31,32)28-10-4-3-5-16(28)2/h6-9,11-13,16H,3-5,10,14H2,1-2H3,(H,26,29)/t16-/m0/s1. The number of hydrogen-bond acceptors (Lipinski definition) is 5. The molecule has 0 saturated carbocycles. The van der Waals surface area contributed by atoms with Gasteiger partial charge in [-0.2, -0.15) is 4.31 Å². The average Bonchev–Trinajstić information content (AvgIpc) is 2.78. The number of amides is 1. The van der Waals surface area contributed by atoms with Gasteiger partial charge in [-0.15, -0.1) is 0 Å². The molecule has 1 aromatic heterocycles. The fraction of sp³-hybridized carbons (Fsp3) is 0.348. The van der Waals surface area contributed by atoms with Crippen LogP contribution in [-0.2, 0) is 21.4 Å². The molecule has 0 bridgehead atoms. The van der Waals surface area contributed by atoms with Crippen molar-refractivity contribution in [3.8, 4) is 0 Å². The van der Waals surface area contributed by atoms with Crippen molar-refractivity contribution in [1.82, 2.24) is 13.9 Å². The average molecular weight is 489 g/mol. The van der Waals surface area contributed by atoms with E-state index in [9.17, 15) is 18.0 Å². The molecule has 10 heteroatoms. The molecule has 0 spiro atoms. The Labute approximate surface area is 197 Å². The van der Waals surface area contributed by atoms with Crippen molar-refractivity contribution in [2.45, 2.75) is 50.6 Å². The van der Waals surface area contributed by atoms with Gasteiger partial charge in [0.05, 0.1) is 10.4 Å². The summed E-state index contributed by atoms with van der Waals surface area (Å²) >= 11 is 6.11. The largest absolute Gasteiger partial charge is 0.348 e. The van der Waals surface area contributed by atoms with Gasteiger partial charge in [0.25, 0.3) is 0 Å². The molecule has 8 nitrogen and oxygen atoms in total. The number of hydrogen-bond donors (Lipinski definition) is 1. The van der Waals surface area contributed by atoms with Crippen molar-refractivity contribution in [2.24, 2.45) is 0 Å². The SMILES string of the molecule is Cc1ccc(NC(=O)Cn2c(=O)ncc3cc(S(=O)(=O)N4CCCC[C@@H]4C)ccc32)cc1Cl. The number of benzene rings is 2. The van der Waals surface area contributed by atoms with Crippen LogP contribution in [0, 0.1) is 6.92 Å². The first kappa shape index (κ1) is 23.4. The van der Waals surface area contributed by atoms with Gasteiger partial charge in [-0.25, -0.2) is 18.2 Å². The molecule has 1 atom stereocenters. The zero-order valence-electron chi connectivity index (χ0n) is 18.4. The van der Waals surface area contributed by atoms with Crippen molar-refractivity contribution < 1.29 is 13.2 Å². The van der Waals surface area contributed by atoms with Crippen molar-refractivity contribution in [2.75, 3.05) is 11.9 Å². The zero-order chi connectivity index (χ0) is 23.8. The second kappa shape index (κ2) is 9.24. The molecule has 2 heterocycles. The highest BCUT2D eigenvalue weighted by molar-refractivity contribution is 7.89. The van der Waals surface area contributed by atoms with Gasteiger partial charge in [-0.3, -0.25) is 9.36 Å². The van der Waals surface area contributed by atoms with Crippen LogP contribution in [0.4, 0.5) is 5.69 Å². The maximum atomic E-state index is 13.2.